The molecule has 1 aromatic heterocycles. The van der Waals surface area contributed by atoms with Crippen LogP contribution in [0.4, 0.5) is 0 Å². The third-order valence-corrected chi connectivity index (χ3v) is 7.48. The summed E-state index contributed by atoms with van der Waals surface area (Å²) in [7, 11) is 3.65. The molecule has 2 nitrogen and oxygen atoms in total. The molecule has 0 atom stereocenters. The molecule has 0 aliphatic carbocycles. The van der Waals surface area contributed by atoms with E-state index in [1.54, 1.807) is 0 Å². The number of fused-ring (bicyclic) bond motifs is 1. The summed E-state index contributed by atoms with van der Waals surface area (Å²) in [5.74, 6) is 0. The molecule has 0 spiro atoms. The van der Waals surface area contributed by atoms with E-state index in [9.17, 15) is 0 Å². The molecule has 0 bridgehead atoms. The highest BCUT2D eigenvalue weighted by Crippen LogP contribution is 2.37. The maximum atomic E-state index is 2.51. The Hall–Kier alpha value is -2.41. The van der Waals surface area contributed by atoms with E-state index < -0.39 is 7.92 Å². The second-order valence-corrected chi connectivity index (χ2v) is 9.25. The smallest absolute Gasteiger partial charge is 0.0752 e. The van der Waals surface area contributed by atoms with Crippen molar-refractivity contribution in [2.45, 2.75) is 13.6 Å². The summed E-state index contributed by atoms with van der Waals surface area (Å²) in [5, 5.41) is 4.14. The van der Waals surface area contributed by atoms with E-state index in [4.69, 9.17) is 0 Å². The van der Waals surface area contributed by atoms with Gasteiger partial charge in [0.2, 0.25) is 0 Å². The van der Waals surface area contributed by atoms with Crippen molar-refractivity contribution >= 4 is 34.9 Å². The van der Waals surface area contributed by atoms with Crippen LogP contribution in [-0.4, -0.2) is 23.6 Å². The van der Waals surface area contributed by atoms with Crippen molar-refractivity contribution in [3.8, 4) is 0 Å². The average molecular weight is 372 g/mol. The Balaban J connectivity index is 2.03. The molecule has 0 aliphatic heterocycles. The highest BCUT2D eigenvalue weighted by atomic mass is 31.1. The minimum absolute atomic E-state index is 0.629. The van der Waals surface area contributed by atoms with E-state index in [-0.39, 0.29) is 0 Å². The molecule has 4 aromatic rings. The predicted molar refractivity (Wildman–Crippen MR) is 119 cm³/mol. The van der Waals surface area contributed by atoms with Crippen LogP contribution >= 0.6 is 7.92 Å². The Kier molecular flexibility index (Phi) is 5.11. The van der Waals surface area contributed by atoms with Crippen LogP contribution in [0.5, 0.6) is 0 Å². The van der Waals surface area contributed by atoms with Crippen molar-refractivity contribution in [2.75, 3.05) is 14.1 Å². The highest BCUT2D eigenvalue weighted by molar-refractivity contribution is 7.79. The summed E-state index contributed by atoms with van der Waals surface area (Å²) in [6.07, 6.45) is 0. The summed E-state index contributed by atoms with van der Waals surface area (Å²) in [6.45, 7) is 3.16. The van der Waals surface area contributed by atoms with Gasteiger partial charge in [-0.05, 0) is 43.3 Å². The third kappa shape index (κ3) is 3.43. The Labute approximate surface area is 162 Å². The molecule has 27 heavy (non-hydrogen) atoms. The van der Waals surface area contributed by atoms with E-state index in [0.717, 1.165) is 6.67 Å². The number of para-hydroxylation sites is 1. The van der Waals surface area contributed by atoms with Gasteiger partial charge in [-0.25, -0.2) is 0 Å². The van der Waals surface area contributed by atoms with Gasteiger partial charge in [-0.2, -0.15) is 0 Å². The lowest BCUT2D eigenvalue weighted by molar-refractivity contribution is 0.336. The largest absolute Gasteiger partial charge is 0.326 e. The van der Waals surface area contributed by atoms with Gasteiger partial charge in [-0.15, -0.1) is 0 Å². The monoisotopic (exact) mass is 372 g/mol. The fourth-order valence-corrected chi connectivity index (χ4v) is 6.32. The lowest BCUT2D eigenvalue weighted by Crippen LogP contribution is -2.31. The van der Waals surface area contributed by atoms with Crippen LogP contribution < -0.4 is 16.0 Å². The Bertz CT molecular complexity index is 997. The molecule has 0 radical (unpaired) electrons. The van der Waals surface area contributed by atoms with Crippen LogP contribution in [0.15, 0.2) is 84.9 Å². The fourth-order valence-electron chi connectivity index (χ4n) is 3.73. The summed E-state index contributed by atoms with van der Waals surface area (Å²) >= 11 is 0. The number of aryl methyl sites for hydroxylation is 1. The van der Waals surface area contributed by atoms with Gasteiger partial charge in [0, 0.05) is 18.8 Å². The zero-order chi connectivity index (χ0) is 18.8. The van der Waals surface area contributed by atoms with E-state index >= 15 is 0 Å². The number of benzene rings is 3. The molecular weight excluding hydrogens is 347 g/mol. The van der Waals surface area contributed by atoms with Crippen LogP contribution in [0, 0.1) is 6.92 Å². The van der Waals surface area contributed by atoms with E-state index in [1.807, 2.05) is 0 Å². The van der Waals surface area contributed by atoms with Crippen molar-refractivity contribution in [3.63, 3.8) is 0 Å². The van der Waals surface area contributed by atoms with Gasteiger partial charge in [0.1, 0.15) is 0 Å². The predicted octanol–water partition coefficient (Wildman–Crippen LogP) is 4.23. The minimum Gasteiger partial charge on any atom is -0.326 e. The zero-order valence-corrected chi connectivity index (χ0v) is 17.0. The topological polar surface area (TPSA) is 8.17 Å². The van der Waals surface area contributed by atoms with Gasteiger partial charge >= 0.3 is 0 Å². The number of aromatic nitrogens is 1. The first-order chi connectivity index (χ1) is 13.2. The molecule has 0 unspecified atom stereocenters. The van der Waals surface area contributed by atoms with Crippen LogP contribution in [0.2, 0.25) is 0 Å². The normalized spacial score (nSPS) is 11.6. The van der Waals surface area contributed by atoms with Crippen LogP contribution in [-0.2, 0) is 6.67 Å². The number of hydrogen-bond acceptors (Lipinski definition) is 1. The highest BCUT2D eigenvalue weighted by Gasteiger charge is 2.25. The van der Waals surface area contributed by atoms with Gasteiger partial charge in [-0.3, -0.25) is 4.90 Å². The van der Waals surface area contributed by atoms with E-state index in [0.29, 0.717) is 0 Å². The van der Waals surface area contributed by atoms with Crippen LogP contribution in [0.1, 0.15) is 5.56 Å². The molecule has 0 N–H and O–H groups in total. The first-order valence-corrected chi connectivity index (χ1v) is 10.6. The molecular formula is C24H25N2P. The van der Waals surface area contributed by atoms with Gasteiger partial charge in [0.15, 0.2) is 0 Å². The number of rotatable bonds is 5. The molecule has 1 heterocycles. The molecule has 0 aliphatic rings. The molecule has 0 amide bonds. The summed E-state index contributed by atoms with van der Waals surface area (Å²) < 4.78 is 2.51. The fraction of sp³-hybridized carbons (Fsp3) is 0.167. The third-order valence-electron chi connectivity index (χ3n) is 4.85. The lowest BCUT2D eigenvalue weighted by Gasteiger charge is -2.24. The van der Waals surface area contributed by atoms with Gasteiger partial charge < -0.3 is 4.57 Å². The summed E-state index contributed by atoms with van der Waals surface area (Å²) in [4.78, 5) is 2.25. The molecule has 136 valence electrons. The van der Waals surface area contributed by atoms with Crippen molar-refractivity contribution in [3.05, 3.63) is 90.5 Å². The second kappa shape index (κ2) is 7.68. The number of nitrogens with zero attached hydrogens (tertiary/aromatic N) is 2. The second-order valence-electron chi connectivity index (χ2n) is 7.12. The Morgan fingerprint density at radius 3 is 1.81 bits per heavy atom. The molecule has 4 rings (SSSR count). The van der Waals surface area contributed by atoms with Crippen molar-refractivity contribution in [1.29, 1.82) is 0 Å². The SMILES string of the molecule is Cc1c(P(c2ccccc2)c2ccccc2)n(CN(C)C)c2ccccc12. The molecule has 0 saturated heterocycles. The zero-order valence-electron chi connectivity index (χ0n) is 16.1. The first-order valence-electron chi connectivity index (χ1n) is 9.29. The molecule has 3 aromatic carbocycles. The minimum atomic E-state index is -0.629. The van der Waals surface area contributed by atoms with Gasteiger partial charge in [-0.1, -0.05) is 78.9 Å². The Morgan fingerprint density at radius 1 is 0.741 bits per heavy atom. The summed E-state index contributed by atoms with van der Waals surface area (Å²) in [5.41, 5.74) is 4.15. The van der Waals surface area contributed by atoms with Crippen molar-refractivity contribution < 1.29 is 0 Å². The van der Waals surface area contributed by atoms with Crippen LogP contribution in [0.3, 0.4) is 0 Å². The maximum absolute atomic E-state index is 2.51. The summed E-state index contributed by atoms with van der Waals surface area (Å²) in [6, 6.07) is 30.7. The average Bonchev–Trinajstić information content (AvgIpc) is 2.96. The van der Waals surface area contributed by atoms with Crippen LogP contribution in [0.25, 0.3) is 10.9 Å². The number of hydrogen-bond donors (Lipinski definition) is 0. The Morgan fingerprint density at radius 2 is 1.26 bits per heavy atom. The lowest BCUT2D eigenvalue weighted by atomic mass is 10.2. The van der Waals surface area contributed by atoms with Gasteiger partial charge in [0.05, 0.1) is 12.1 Å². The molecule has 3 heteroatoms. The van der Waals surface area contributed by atoms with Crippen molar-refractivity contribution in [1.82, 2.24) is 9.47 Å². The standard InChI is InChI=1S/C24H25N2P/c1-19-22-16-10-11-17-23(22)26(18-25(2)3)24(19)27(20-12-6-4-7-13-20)21-14-8-5-9-15-21/h4-17H,18H2,1-3H3. The molecule has 0 fully saturated rings. The molecule has 0 saturated carbocycles. The quantitative estimate of drug-likeness (QED) is 0.476. The first kappa shape index (κ1) is 18.0. The van der Waals surface area contributed by atoms with E-state index in [2.05, 4.69) is 115 Å². The van der Waals surface area contributed by atoms with E-state index in [1.165, 1.54) is 32.5 Å². The van der Waals surface area contributed by atoms with Crippen molar-refractivity contribution in [2.24, 2.45) is 0 Å². The maximum Gasteiger partial charge on any atom is 0.0752 e. The van der Waals surface area contributed by atoms with Gasteiger partial charge in [0.25, 0.3) is 0 Å².